The Morgan fingerprint density at radius 1 is 1.14 bits per heavy atom. The number of hydrogen-bond donors (Lipinski definition) is 1. The van der Waals surface area contributed by atoms with E-state index < -0.39 is 0 Å². The van der Waals surface area contributed by atoms with Crippen LogP contribution in [0.2, 0.25) is 0 Å². The Bertz CT molecular complexity index is 765. The minimum Gasteiger partial charge on any atom is -0.315 e. The van der Waals surface area contributed by atoms with E-state index >= 15 is 0 Å². The lowest BCUT2D eigenvalue weighted by Crippen LogP contribution is -2.28. The molecule has 4 nitrogen and oxygen atoms in total. The van der Waals surface area contributed by atoms with Crippen molar-refractivity contribution in [2.45, 2.75) is 13.0 Å². The molecule has 1 N–H and O–H groups in total. The summed E-state index contributed by atoms with van der Waals surface area (Å²) < 4.78 is 1.67. The predicted molar refractivity (Wildman–Crippen MR) is 86.9 cm³/mol. The topological polar surface area (TPSA) is 46.9 Å². The first-order valence-electron chi connectivity index (χ1n) is 7.02. The van der Waals surface area contributed by atoms with Gasteiger partial charge in [0.1, 0.15) is 0 Å². The molecule has 21 heavy (non-hydrogen) atoms. The van der Waals surface area contributed by atoms with E-state index in [4.69, 9.17) is 0 Å². The minimum atomic E-state index is 0.0284. The molecule has 1 aromatic carbocycles. The number of aromatic nitrogens is 2. The summed E-state index contributed by atoms with van der Waals surface area (Å²) in [7, 11) is 0. The van der Waals surface area contributed by atoms with Crippen LogP contribution in [0, 0.1) is 0 Å². The van der Waals surface area contributed by atoms with Crippen LogP contribution >= 0.6 is 11.3 Å². The van der Waals surface area contributed by atoms with Gasteiger partial charge >= 0.3 is 0 Å². The van der Waals surface area contributed by atoms with Crippen LogP contribution < -0.4 is 10.9 Å². The summed E-state index contributed by atoms with van der Waals surface area (Å²) >= 11 is 1.78. The highest BCUT2D eigenvalue weighted by molar-refractivity contribution is 7.09. The molecule has 0 amide bonds. The number of thiophene rings is 1. The van der Waals surface area contributed by atoms with Crippen LogP contribution in [0.4, 0.5) is 0 Å². The summed E-state index contributed by atoms with van der Waals surface area (Å²) in [4.78, 5) is 18.0. The first-order chi connectivity index (χ1) is 10.3. The summed E-state index contributed by atoms with van der Waals surface area (Å²) in [5.74, 6) is 0. The summed E-state index contributed by atoms with van der Waals surface area (Å²) in [6, 6.07) is 11.7. The van der Waals surface area contributed by atoms with Gasteiger partial charge in [0.05, 0.1) is 17.2 Å². The van der Waals surface area contributed by atoms with Crippen LogP contribution in [-0.4, -0.2) is 22.6 Å². The third-order valence-corrected chi connectivity index (χ3v) is 4.33. The Balaban J connectivity index is 1.56. The van der Waals surface area contributed by atoms with Crippen LogP contribution in [0.1, 0.15) is 4.88 Å². The van der Waals surface area contributed by atoms with Crippen molar-refractivity contribution < 1.29 is 0 Å². The molecule has 0 saturated heterocycles. The Morgan fingerprint density at radius 3 is 2.90 bits per heavy atom. The molecule has 0 fully saturated rings. The summed E-state index contributed by atoms with van der Waals surface area (Å²) in [5, 5.41) is 6.14. The first kappa shape index (κ1) is 14.0. The summed E-state index contributed by atoms with van der Waals surface area (Å²) in [6.45, 7) is 2.34. The van der Waals surface area contributed by atoms with Crippen LogP contribution in [-0.2, 0) is 13.0 Å². The number of fused-ring (bicyclic) bond motifs is 1. The lowest BCUT2D eigenvalue weighted by atomic mass is 10.2. The standard InChI is InChI=1S/C16H17N3OS/c20-16-14-5-1-2-6-15(14)18-12-19(16)10-9-17-8-7-13-4-3-11-21-13/h1-6,11-12,17H,7-10H2. The number of hydrogen-bond acceptors (Lipinski definition) is 4. The lowest BCUT2D eigenvalue weighted by molar-refractivity contribution is 0.584. The van der Waals surface area contributed by atoms with Crippen LogP contribution in [0.15, 0.2) is 52.9 Å². The van der Waals surface area contributed by atoms with Crippen molar-refractivity contribution in [1.29, 1.82) is 0 Å². The quantitative estimate of drug-likeness (QED) is 0.710. The fraction of sp³-hybridized carbons (Fsp3) is 0.250. The van der Waals surface area contributed by atoms with Crippen molar-refractivity contribution in [2.75, 3.05) is 13.1 Å². The van der Waals surface area contributed by atoms with E-state index in [1.807, 2.05) is 24.3 Å². The second-order valence-corrected chi connectivity index (χ2v) is 5.87. The maximum Gasteiger partial charge on any atom is 0.261 e. The molecular weight excluding hydrogens is 282 g/mol. The SMILES string of the molecule is O=c1c2ccccc2ncn1CCNCCc1cccs1. The van der Waals surface area contributed by atoms with Gasteiger partial charge in [-0.2, -0.15) is 0 Å². The maximum atomic E-state index is 12.3. The first-order valence-corrected chi connectivity index (χ1v) is 7.90. The zero-order valence-corrected chi connectivity index (χ0v) is 12.5. The molecule has 0 atom stereocenters. The van der Waals surface area contributed by atoms with Crippen molar-refractivity contribution in [3.05, 3.63) is 63.3 Å². The number of benzene rings is 1. The predicted octanol–water partition coefficient (Wildman–Crippen LogP) is 2.29. The van der Waals surface area contributed by atoms with Gasteiger partial charge in [-0.25, -0.2) is 4.98 Å². The summed E-state index contributed by atoms with van der Waals surface area (Å²) in [6.07, 6.45) is 2.66. The van der Waals surface area contributed by atoms with Crippen molar-refractivity contribution in [2.24, 2.45) is 0 Å². The van der Waals surface area contributed by atoms with E-state index in [1.54, 1.807) is 22.2 Å². The van der Waals surface area contributed by atoms with E-state index in [0.717, 1.165) is 25.0 Å². The largest absolute Gasteiger partial charge is 0.315 e. The molecule has 0 bridgehead atoms. The molecule has 3 rings (SSSR count). The Kier molecular flexibility index (Phi) is 4.43. The molecule has 0 aliphatic carbocycles. The van der Waals surface area contributed by atoms with E-state index in [0.29, 0.717) is 11.9 Å². The second kappa shape index (κ2) is 6.65. The molecule has 3 aromatic rings. The van der Waals surface area contributed by atoms with Crippen LogP contribution in [0.3, 0.4) is 0 Å². The Labute approximate surface area is 127 Å². The third-order valence-electron chi connectivity index (χ3n) is 3.39. The van der Waals surface area contributed by atoms with E-state index in [9.17, 15) is 4.79 Å². The molecule has 0 aliphatic heterocycles. The van der Waals surface area contributed by atoms with Crippen molar-refractivity contribution >= 4 is 22.2 Å². The van der Waals surface area contributed by atoms with Gasteiger partial charge in [0, 0.05) is 24.5 Å². The normalized spacial score (nSPS) is 11.0. The van der Waals surface area contributed by atoms with E-state index in [-0.39, 0.29) is 5.56 Å². The van der Waals surface area contributed by atoms with Gasteiger partial charge < -0.3 is 5.32 Å². The molecule has 5 heteroatoms. The highest BCUT2D eigenvalue weighted by atomic mass is 32.1. The average molecular weight is 299 g/mol. The zero-order chi connectivity index (χ0) is 14.5. The fourth-order valence-corrected chi connectivity index (χ4v) is 2.97. The fourth-order valence-electron chi connectivity index (χ4n) is 2.26. The van der Waals surface area contributed by atoms with Crippen LogP contribution in [0.25, 0.3) is 10.9 Å². The van der Waals surface area contributed by atoms with Gasteiger partial charge in [-0.3, -0.25) is 9.36 Å². The van der Waals surface area contributed by atoms with Gasteiger partial charge in [0.25, 0.3) is 5.56 Å². The third kappa shape index (κ3) is 3.37. The molecule has 2 heterocycles. The molecule has 108 valence electrons. The number of nitrogens with one attached hydrogen (secondary N) is 1. The van der Waals surface area contributed by atoms with Crippen molar-refractivity contribution in [1.82, 2.24) is 14.9 Å². The van der Waals surface area contributed by atoms with E-state index in [1.165, 1.54) is 4.88 Å². The molecule has 0 saturated carbocycles. The van der Waals surface area contributed by atoms with Crippen molar-refractivity contribution in [3.63, 3.8) is 0 Å². The minimum absolute atomic E-state index is 0.0284. The van der Waals surface area contributed by atoms with Crippen LogP contribution in [0.5, 0.6) is 0 Å². The van der Waals surface area contributed by atoms with Gasteiger partial charge in [0.15, 0.2) is 0 Å². The molecule has 2 aromatic heterocycles. The number of para-hydroxylation sites is 1. The Hall–Kier alpha value is -1.98. The number of rotatable bonds is 6. The highest BCUT2D eigenvalue weighted by Gasteiger charge is 2.02. The average Bonchev–Trinajstić information content (AvgIpc) is 3.03. The molecular formula is C16H17N3OS. The van der Waals surface area contributed by atoms with Crippen molar-refractivity contribution in [3.8, 4) is 0 Å². The van der Waals surface area contributed by atoms with Gasteiger partial charge in [0.2, 0.25) is 0 Å². The smallest absolute Gasteiger partial charge is 0.261 e. The Morgan fingerprint density at radius 2 is 2.05 bits per heavy atom. The summed E-state index contributed by atoms with van der Waals surface area (Å²) in [5.41, 5.74) is 0.782. The molecule has 0 radical (unpaired) electrons. The molecule has 0 aliphatic rings. The maximum absolute atomic E-state index is 12.3. The second-order valence-electron chi connectivity index (χ2n) is 4.84. The monoisotopic (exact) mass is 299 g/mol. The van der Waals surface area contributed by atoms with E-state index in [2.05, 4.69) is 27.8 Å². The highest BCUT2D eigenvalue weighted by Crippen LogP contribution is 2.08. The van der Waals surface area contributed by atoms with Gasteiger partial charge in [-0.05, 0) is 30.0 Å². The molecule has 0 spiro atoms. The zero-order valence-electron chi connectivity index (χ0n) is 11.7. The van der Waals surface area contributed by atoms with Gasteiger partial charge in [-0.15, -0.1) is 11.3 Å². The number of nitrogens with zero attached hydrogens (tertiary/aromatic N) is 2. The molecule has 0 unspecified atom stereocenters. The lowest BCUT2D eigenvalue weighted by Gasteiger charge is -2.07. The van der Waals surface area contributed by atoms with Gasteiger partial charge in [-0.1, -0.05) is 18.2 Å².